The quantitative estimate of drug-likeness (QED) is 0.610. The maximum atomic E-state index is 8.92. The van der Waals surface area contributed by atoms with Gasteiger partial charge in [0.1, 0.15) is 0 Å². The molecule has 0 spiro atoms. The average molecular weight is 173 g/mol. The van der Waals surface area contributed by atoms with E-state index in [1.165, 1.54) is 19.3 Å². The predicted molar refractivity (Wildman–Crippen MR) is 48.1 cm³/mol. The Balaban J connectivity index is 2.01. The first-order valence-electron chi connectivity index (χ1n) is 4.70. The van der Waals surface area contributed by atoms with E-state index in [-0.39, 0.29) is 12.6 Å². The molecule has 1 rings (SSSR count). The summed E-state index contributed by atoms with van der Waals surface area (Å²) in [5.74, 6) is 0.843. The molecule has 0 amide bonds. The lowest BCUT2D eigenvalue weighted by atomic mass is 9.85. The van der Waals surface area contributed by atoms with E-state index >= 15 is 0 Å². The minimum absolute atomic E-state index is 0.121. The lowest BCUT2D eigenvalue weighted by Crippen LogP contribution is -2.40. The second-order valence-electron chi connectivity index (χ2n) is 3.54. The summed E-state index contributed by atoms with van der Waals surface area (Å²) in [7, 11) is 1.66. The molecule has 0 bridgehead atoms. The van der Waals surface area contributed by atoms with Gasteiger partial charge in [0, 0.05) is 7.11 Å². The van der Waals surface area contributed by atoms with Crippen molar-refractivity contribution < 1.29 is 9.84 Å². The molecule has 1 saturated carbocycles. The number of methoxy groups -OCH3 is 1. The van der Waals surface area contributed by atoms with Gasteiger partial charge in [-0.2, -0.15) is 0 Å². The molecule has 12 heavy (non-hydrogen) atoms. The number of aliphatic hydroxyl groups excluding tert-OH is 1. The Kier molecular flexibility index (Phi) is 4.58. The van der Waals surface area contributed by atoms with Crippen LogP contribution in [0.15, 0.2) is 0 Å². The van der Waals surface area contributed by atoms with Crippen LogP contribution in [0.2, 0.25) is 0 Å². The second-order valence-corrected chi connectivity index (χ2v) is 3.54. The van der Waals surface area contributed by atoms with Crippen LogP contribution in [0, 0.1) is 5.92 Å². The molecule has 1 unspecified atom stereocenters. The Hall–Kier alpha value is -0.120. The van der Waals surface area contributed by atoms with E-state index in [1.54, 1.807) is 7.11 Å². The van der Waals surface area contributed by atoms with Crippen molar-refractivity contribution in [1.82, 2.24) is 5.32 Å². The number of ether oxygens (including phenoxy) is 1. The van der Waals surface area contributed by atoms with E-state index in [2.05, 4.69) is 5.32 Å². The first-order valence-corrected chi connectivity index (χ1v) is 4.70. The summed E-state index contributed by atoms with van der Waals surface area (Å²) >= 11 is 0. The van der Waals surface area contributed by atoms with E-state index in [9.17, 15) is 0 Å². The zero-order valence-corrected chi connectivity index (χ0v) is 7.75. The third kappa shape index (κ3) is 3.09. The molecule has 0 aromatic rings. The molecule has 0 aliphatic heterocycles. The molecule has 1 aliphatic rings. The summed E-state index contributed by atoms with van der Waals surface area (Å²) in [5, 5.41) is 12.2. The first kappa shape index (κ1) is 9.96. The van der Waals surface area contributed by atoms with E-state index in [0.717, 1.165) is 12.5 Å². The standard InChI is InChI=1S/C9H19NO2/c1-12-7-9(6-11)10-5-8-3-2-4-8/h8-11H,2-7H2,1H3. The van der Waals surface area contributed by atoms with Gasteiger partial charge < -0.3 is 15.2 Å². The Morgan fingerprint density at radius 1 is 1.58 bits per heavy atom. The molecule has 0 aromatic heterocycles. The number of hydrogen-bond acceptors (Lipinski definition) is 3. The third-order valence-electron chi connectivity index (χ3n) is 2.51. The Morgan fingerprint density at radius 2 is 2.33 bits per heavy atom. The van der Waals surface area contributed by atoms with Gasteiger partial charge in [0.15, 0.2) is 0 Å². The Bertz CT molecular complexity index is 115. The molecule has 0 saturated heterocycles. The van der Waals surface area contributed by atoms with Gasteiger partial charge >= 0.3 is 0 Å². The number of rotatable bonds is 6. The first-order chi connectivity index (χ1) is 5.86. The number of aliphatic hydroxyl groups is 1. The van der Waals surface area contributed by atoms with Crippen molar-refractivity contribution in [2.75, 3.05) is 26.9 Å². The minimum Gasteiger partial charge on any atom is -0.395 e. The van der Waals surface area contributed by atoms with Gasteiger partial charge in [-0.3, -0.25) is 0 Å². The molecule has 3 nitrogen and oxygen atoms in total. The summed E-state index contributed by atoms with van der Waals surface area (Å²) in [6, 6.07) is 0.121. The van der Waals surface area contributed by atoms with Crippen LogP contribution in [0.5, 0.6) is 0 Å². The summed E-state index contributed by atoms with van der Waals surface area (Å²) in [6.45, 7) is 1.80. The molecule has 1 aliphatic carbocycles. The summed E-state index contributed by atoms with van der Waals surface area (Å²) < 4.78 is 4.96. The van der Waals surface area contributed by atoms with E-state index < -0.39 is 0 Å². The van der Waals surface area contributed by atoms with Gasteiger partial charge in [-0.15, -0.1) is 0 Å². The fourth-order valence-electron chi connectivity index (χ4n) is 1.41. The van der Waals surface area contributed by atoms with Gasteiger partial charge in [0.2, 0.25) is 0 Å². The molecule has 1 atom stereocenters. The highest BCUT2D eigenvalue weighted by molar-refractivity contribution is 4.74. The van der Waals surface area contributed by atoms with Crippen LogP contribution in [-0.2, 0) is 4.74 Å². The smallest absolute Gasteiger partial charge is 0.0638 e. The normalized spacial score (nSPS) is 20.5. The van der Waals surface area contributed by atoms with Gasteiger partial charge in [0.25, 0.3) is 0 Å². The molecule has 1 fully saturated rings. The van der Waals surface area contributed by atoms with Crippen molar-refractivity contribution in [3.05, 3.63) is 0 Å². The van der Waals surface area contributed by atoms with Crippen LogP contribution in [0.25, 0.3) is 0 Å². The highest BCUT2D eigenvalue weighted by Crippen LogP contribution is 2.25. The Labute approximate surface area is 74.1 Å². The lowest BCUT2D eigenvalue weighted by molar-refractivity contribution is 0.122. The van der Waals surface area contributed by atoms with Crippen molar-refractivity contribution in [2.24, 2.45) is 5.92 Å². The zero-order valence-electron chi connectivity index (χ0n) is 7.75. The van der Waals surface area contributed by atoms with Crippen LogP contribution in [0.3, 0.4) is 0 Å². The van der Waals surface area contributed by atoms with Crippen molar-refractivity contribution >= 4 is 0 Å². The van der Waals surface area contributed by atoms with E-state index in [4.69, 9.17) is 9.84 Å². The van der Waals surface area contributed by atoms with Gasteiger partial charge in [-0.25, -0.2) is 0 Å². The highest BCUT2D eigenvalue weighted by Gasteiger charge is 2.18. The molecule has 0 heterocycles. The topological polar surface area (TPSA) is 41.5 Å². The fourth-order valence-corrected chi connectivity index (χ4v) is 1.41. The van der Waals surface area contributed by atoms with Crippen LogP contribution >= 0.6 is 0 Å². The predicted octanol–water partition coefficient (Wildman–Crippen LogP) is 0.383. The summed E-state index contributed by atoms with van der Waals surface area (Å²) in [5.41, 5.74) is 0. The van der Waals surface area contributed by atoms with Gasteiger partial charge in [-0.1, -0.05) is 6.42 Å². The van der Waals surface area contributed by atoms with Crippen molar-refractivity contribution in [1.29, 1.82) is 0 Å². The zero-order chi connectivity index (χ0) is 8.81. The fraction of sp³-hybridized carbons (Fsp3) is 1.00. The van der Waals surface area contributed by atoms with Crippen molar-refractivity contribution in [3.63, 3.8) is 0 Å². The van der Waals surface area contributed by atoms with Gasteiger partial charge in [0.05, 0.1) is 19.3 Å². The van der Waals surface area contributed by atoms with Crippen LogP contribution in [-0.4, -0.2) is 38.0 Å². The maximum Gasteiger partial charge on any atom is 0.0638 e. The second kappa shape index (κ2) is 5.51. The highest BCUT2D eigenvalue weighted by atomic mass is 16.5. The van der Waals surface area contributed by atoms with E-state index in [1.807, 2.05) is 0 Å². The lowest BCUT2D eigenvalue weighted by Gasteiger charge is -2.27. The molecule has 2 N–H and O–H groups in total. The van der Waals surface area contributed by atoms with Crippen LogP contribution in [0.4, 0.5) is 0 Å². The maximum absolute atomic E-state index is 8.92. The van der Waals surface area contributed by atoms with Crippen LogP contribution in [0.1, 0.15) is 19.3 Å². The molecular weight excluding hydrogens is 154 g/mol. The monoisotopic (exact) mass is 173 g/mol. The third-order valence-corrected chi connectivity index (χ3v) is 2.51. The number of nitrogens with one attached hydrogen (secondary N) is 1. The summed E-state index contributed by atoms with van der Waals surface area (Å²) in [6.07, 6.45) is 4.07. The SMILES string of the molecule is COCC(CO)NCC1CCC1. The Morgan fingerprint density at radius 3 is 2.75 bits per heavy atom. The minimum atomic E-state index is 0.121. The molecular formula is C9H19NO2. The molecule has 72 valence electrons. The number of hydrogen-bond donors (Lipinski definition) is 2. The molecule has 3 heteroatoms. The van der Waals surface area contributed by atoms with Crippen molar-refractivity contribution in [3.8, 4) is 0 Å². The van der Waals surface area contributed by atoms with Gasteiger partial charge in [-0.05, 0) is 25.3 Å². The van der Waals surface area contributed by atoms with E-state index in [0.29, 0.717) is 6.61 Å². The largest absolute Gasteiger partial charge is 0.395 e. The van der Waals surface area contributed by atoms with Crippen molar-refractivity contribution in [2.45, 2.75) is 25.3 Å². The molecule has 0 aromatic carbocycles. The van der Waals surface area contributed by atoms with Crippen LogP contribution < -0.4 is 5.32 Å². The average Bonchev–Trinajstić information content (AvgIpc) is 2.00. The summed E-state index contributed by atoms with van der Waals surface area (Å²) in [4.78, 5) is 0. The molecule has 0 radical (unpaired) electrons.